The standard InChI is InChI=1S/C21H26N2O5/c1-14-10-18(24)20(12-22(14)2)28-13-21(25)23-9-5-6-17(23)16-8-7-15(26-3)11-19(16)27-4/h7-8,10-12,17H,5-6,9,13H2,1-4H3. The Kier molecular flexibility index (Phi) is 5.92. The number of amides is 1. The minimum atomic E-state index is -0.224. The molecule has 1 aliphatic heterocycles. The minimum Gasteiger partial charge on any atom is -0.497 e. The molecule has 1 aromatic heterocycles. The number of nitrogens with zero attached hydrogens (tertiary/aromatic N) is 2. The summed E-state index contributed by atoms with van der Waals surface area (Å²) < 4.78 is 18.1. The van der Waals surface area contributed by atoms with Crippen LogP contribution in [0.1, 0.15) is 30.1 Å². The molecule has 2 heterocycles. The van der Waals surface area contributed by atoms with Crippen LogP contribution in [0, 0.1) is 6.92 Å². The largest absolute Gasteiger partial charge is 0.497 e. The van der Waals surface area contributed by atoms with Gasteiger partial charge in [0.05, 0.1) is 20.3 Å². The lowest BCUT2D eigenvalue weighted by Crippen LogP contribution is -2.35. The molecule has 7 nitrogen and oxygen atoms in total. The lowest BCUT2D eigenvalue weighted by Gasteiger charge is -2.26. The number of carbonyl (C=O) groups excluding carboxylic acids is 1. The van der Waals surface area contributed by atoms with Crippen LogP contribution >= 0.6 is 0 Å². The van der Waals surface area contributed by atoms with Crippen LogP contribution in [0.5, 0.6) is 17.2 Å². The van der Waals surface area contributed by atoms with Gasteiger partial charge in [0, 0.05) is 43.2 Å². The van der Waals surface area contributed by atoms with Gasteiger partial charge in [-0.3, -0.25) is 9.59 Å². The van der Waals surface area contributed by atoms with Crippen molar-refractivity contribution in [1.29, 1.82) is 0 Å². The van der Waals surface area contributed by atoms with E-state index >= 15 is 0 Å². The number of aryl methyl sites for hydroxylation is 2. The first-order chi connectivity index (χ1) is 13.4. The van der Waals surface area contributed by atoms with Gasteiger partial charge in [-0.1, -0.05) is 0 Å². The highest BCUT2D eigenvalue weighted by molar-refractivity contribution is 5.78. The fraction of sp³-hybridized carbons (Fsp3) is 0.429. The maximum Gasteiger partial charge on any atom is 0.261 e. The molecule has 1 aromatic carbocycles. The van der Waals surface area contributed by atoms with E-state index in [1.807, 2.05) is 32.2 Å². The quantitative estimate of drug-likeness (QED) is 0.763. The van der Waals surface area contributed by atoms with Gasteiger partial charge in [-0.15, -0.1) is 0 Å². The Morgan fingerprint density at radius 1 is 1.18 bits per heavy atom. The number of hydrogen-bond acceptors (Lipinski definition) is 5. The average Bonchev–Trinajstić information content (AvgIpc) is 3.18. The van der Waals surface area contributed by atoms with Gasteiger partial charge in [0.2, 0.25) is 5.43 Å². The van der Waals surface area contributed by atoms with Crippen LogP contribution in [0.15, 0.2) is 35.3 Å². The first-order valence-electron chi connectivity index (χ1n) is 9.26. The van der Waals surface area contributed by atoms with Crippen molar-refractivity contribution in [3.8, 4) is 17.2 Å². The van der Waals surface area contributed by atoms with E-state index in [2.05, 4.69) is 0 Å². The van der Waals surface area contributed by atoms with E-state index in [4.69, 9.17) is 14.2 Å². The number of likely N-dealkylation sites (tertiary alicyclic amines) is 1. The monoisotopic (exact) mass is 386 g/mol. The number of aromatic nitrogens is 1. The summed E-state index contributed by atoms with van der Waals surface area (Å²) >= 11 is 0. The number of hydrogen-bond donors (Lipinski definition) is 0. The molecule has 1 saturated heterocycles. The van der Waals surface area contributed by atoms with Crippen molar-refractivity contribution in [1.82, 2.24) is 9.47 Å². The molecule has 1 aliphatic rings. The van der Waals surface area contributed by atoms with E-state index in [-0.39, 0.29) is 29.7 Å². The maximum absolute atomic E-state index is 12.8. The molecule has 150 valence electrons. The summed E-state index contributed by atoms with van der Waals surface area (Å²) in [6.07, 6.45) is 3.36. The van der Waals surface area contributed by atoms with E-state index in [1.165, 1.54) is 6.07 Å². The summed E-state index contributed by atoms with van der Waals surface area (Å²) in [5, 5.41) is 0. The van der Waals surface area contributed by atoms with Crippen molar-refractivity contribution in [2.45, 2.75) is 25.8 Å². The van der Waals surface area contributed by atoms with Crippen LogP contribution in [0.2, 0.25) is 0 Å². The zero-order valence-corrected chi connectivity index (χ0v) is 16.7. The minimum absolute atomic E-state index is 0.0854. The smallest absolute Gasteiger partial charge is 0.261 e. The molecule has 0 spiro atoms. The first-order valence-corrected chi connectivity index (χ1v) is 9.26. The summed E-state index contributed by atoms with van der Waals surface area (Å²) in [7, 11) is 5.04. The van der Waals surface area contributed by atoms with Gasteiger partial charge in [0.1, 0.15) is 11.5 Å². The zero-order valence-electron chi connectivity index (χ0n) is 16.7. The van der Waals surface area contributed by atoms with E-state index in [0.29, 0.717) is 18.0 Å². The summed E-state index contributed by atoms with van der Waals surface area (Å²) in [6.45, 7) is 2.31. The third kappa shape index (κ3) is 3.98. The molecule has 0 bridgehead atoms. The molecule has 1 atom stereocenters. The molecule has 28 heavy (non-hydrogen) atoms. The van der Waals surface area contributed by atoms with E-state index < -0.39 is 0 Å². The molecule has 0 aliphatic carbocycles. The second kappa shape index (κ2) is 8.37. The molecule has 1 unspecified atom stereocenters. The predicted octanol–water partition coefficient (Wildman–Crippen LogP) is 2.45. The zero-order chi connectivity index (χ0) is 20.3. The molecule has 2 aromatic rings. The average molecular weight is 386 g/mol. The Balaban J connectivity index is 1.75. The van der Waals surface area contributed by atoms with Crippen molar-refractivity contribution >= 4 is 5.91 Å². The molecular weight excluding hydrogens is 360 g/mol. The highest BCUT2D eigenvalue weighted by Crippen LogP contribution is 2.38. The van der Waals surface area contributed by atoms with Gasteiger partial charge < -0.3 is 23.7 Å². The van der Waals surface area contributed by atoms with Gasteiger partial charge in [-0.25, -0.2) is 0 Å². The molecule has 0 N–H and O–H groups in total. The van der Waals surface area contributed by atoms with Gasteiger partial charge in [0.25, 0.3) is 5.91 Å². The normalized spacial score (nSPS) is 16.1. The summed E-state index contributed by atoms with van der Waals surface area (Å²) in [5.74, 6) is 1.43. The van der Waals surface area contributed by atoms with Crippen LogP contribution in [0.25, 0.3) is 0 Å². The number of benzene rings is 1. The summed E-state index contributed by atoms with van der Waals surface area (Å²) in [4.78, 5) is 26.7. The van der Waals surface area contributed by atoms with Crippen LogP contribution in [0.3, 0.4) is 0 Å². The SMILES string of the molecule is COc1ccc(C2CCCN2C(=O)COc2cn(C)c(C)cc2=O)c(OC)c1. The number of pyridine rings is 1. The Hall–Kier alpha value is -2.96. The summed E-state index contributed by atoms with van der Waals surface area (Å²) in [5.41, 5.74) is 1.55. The predicted molar refractivity (Wildman–Crippen MR) is 105 cm³/mol. The summed E-state index contributed by atoms with van der Waals surface area (Å²) in [6, 6.07) is 7.04. The molecule has 7 heteroatoms. The third-order valence-electron chi connectivity index (χ3n) is 5.17. The van der Waals surface area contributed by atoms with Crippen molar-refractivity contribution in [3.63, 3.8) is 0 Å². The van der Waals surface area contributed by atoms with E-state index in [1.54, 1.807) is 29.9 Å². The molecular formula is C21H26N2O5. The topological polar surface area (TPSA) is 70.0 Å². The van der Waals surface area contributed by atoms with Crippen LogP contribution in [-0.4, -0.2) is 42.7 Å². The van der Waals surface area contributed by atoms with Crippen LogP contribution in [-0.2, 0) is 11.8 Å². The van der Waals surface area contributed by atoms with E-state index in [9.17, 15) is 9.59 Å². The van der Waals surface area contributed by atoms with Crippen LogP contribution < -0.4 is 19.6 Å². The second-order valence-electron chi connectivity index (χ2n) is 6.90. The Morgan fingerprint density at radius 2 is 1.96 bits per heavy atom. The van der Waals surface area contributed by atoms with Gasteiger partial charge in [-0.05, 0) is 31.9 Å². The molecule has 3 rings (SSSR count). The fourth-order valence-electron chi connectivity index (χ4n) is 3.52. The number of ether oxygens (including phenoxy) is 3. The number of rotatable bonds is 6. The van der Waals surface area contributed by atoms with Gasteiger partial charge in [0.15, 0.2) is 12.4 Å². The molecule has 1 fully saturated rings. The van der Waals surface area contributed by atoms with E-state index in [0.717, 1.165) is 24.1 Å². The Morgan fingerprint density at radius 3 is 2.68 bits per heavy atom. The molecule has 0 saturated carbocycles. The maximum atomic E-state index is 12.8. The molecule has 0 radical (unpaired) electrons. The lowest BCUT2D eigenvalue weighted by atomic mass is 10.0. The van der Waals surface area contributed by atoms with Crippen molar-refractivity contribution in [2.24, 2.45) is 7.05 Å². The fourth-order valence-corrected chi connectivity index (χ4v) is 3.52. The Labute approximate surface area is 164 Å². The van der Waals surface area contributed by atoms with Crippen molar-refractivity contribution < 1.29 is 19.0 Å². The number of carbonyl (C=O) groups is 1. The number of methoxy groups -OCH3 is 2. The Bertz CT molecular complexity index is 921. The van der Waals surface area contributed by atoms with Gasteiger partial charge in [-0.2, -0.15) is 0 Å². The van der Waals surface area contributed by atoms with Gasteiger partial charge >= 0.3 is 0 Å². The molecule has 1 amide bonds. The van der Waals surface area contributed by atoms with Crippen molar-refractivity contribution in [3.05, 3.63) is 51.9 Å². The highest BCUT2D eigenvalue weighted by atomic mass is 16.5. The first kappa shape index (κ1) is 19.8. The van der Waals surface area contributed by atoms with Crippen LogP contribution in [0.4, 0.5) is 0 Å². The third-order valence-corrected chi connectivity index (χ3v) is 5.17. The highest BCUT2D eigenvalue weighted by Gasteiger charge is 2.32. The lowest BCUT2D eigenvalue weighted by molar-refractivity contribution is -0.134. The van der Waals surface area contributed by atoms with Crippen molar-refractivity contribution in [2.75, 3.05) is 27.4 Å². The second-order valence-corrected chi connectivity index (χ2v) is 6.90.